The standard InChI is InChI=1S/C18H16O6/c1-8-13(20)6-10(7-14(8)23-3)16(21)15-9(2)24-18-11(15)4-5-12(19)17(18)22/h4-7,19-20,22H,1-3H3. The Kier molecular flexibility index (Phi) is 3.60. The molecule has 24 heavy (non-hydrogen) atoms. The van der Waals surface area contributed by atoms with Crippen LogP contribution in [0.1, 0.15) is 27.2 Å². The second-order valence-corrected chi connectivity index (χ2v) is 5.49. The molecule has 0 saturated carbocycles. The normalized spacial score (nSPS) is 11.0. The number of benzene rings is 2. The van der Waals surface area contributed by atoms with E-state index in [1.54, 1.807) is 13.8 Å². The molecule has 0 spiro atoms. The highest BCUT2D eigenvalue weighted by Gasteiger charge is 2.24. The number of carbonyl (C=O) groups excluding carboxylic acids is 1. The molecule has 0 bridgehead atoms. The molecular formula is C18H16O6. The van der Waals surface area contributed by atoms with Crippen molar-refractivity contribution in [3.05, 3.63) is 46.7 Å². The summed E-state index contributed by atoms with van der Waals surface area (Å²) in [6.45, 7) is 3.27. The number of phenolic OH excluding ortho intramolecular Hbond substituents is 3. The zero-order valence-electron chi connectivity index (χ0n) is 13.4. The van der Waals surface area contributed by atoms with Crippen LogP contribution in [0.2, 0.25) is 0 Å². The summed E-state index contributed by atoms with van der Waals surface area (Å²) in [6.07, 6.45) is 0. The second-order valence-electron chi connectivity index (χ2n) is 5.49. The van der Waals surface area contributed by atoms with Crippen LogP contribution in [0.5, 0.6) is 23.0 Å². The lowest BCUT2D eigenvalue weighted by Crippen LogP contribution is -2.03. The van der Waals surface area contributed by atoms with E-state index in [0.717, 1.165) is 0 Å². The third-order valence-electron chi connectivity index (χ3n) is 4.03. The molecule has 6 heteroatoms. The first kappa shape index (κ1) is 15.7. The van der Waals surface area contributed by atoms with Crippen LogP contribution in [0.15, 0.2) is 28.7 Å². The van der Waals surface area contributed by atoms with E-state index >= 15 is 0 Å². The van der Waals surface area contributed by atoms with Crippen molar-refractivity contribution >= 4 is 16.8 Å². The molecule has 0 atom stereocenters. The van der Waals surface area contributed by atoms with Crippen molar-refractivity contribution in [3.63, 3.8) is 0 Å². The van der Waals surface area contributed by atoms with Crippen LogP contribution in [0.25, 0.3) is 11.0 Å². The summed E-state index contributed by atoms with van der Waals surface area (Å²) in [5.41, 5.74) is 1.06. The number of carbonyl (C=O) groups is 1. The number of aromatic hydroxyl groups is 3. The van der Waals surface area contributed by atoms with E-state index in [1.807, 2.05) is 0 Å². The fourth-order valence-electron chi connectivity index (χ4n) is 2.70. The topological polar surface area (TPSA) is 100 Å². The number of phenols is 3. The highest BCUT2D eigenvalue weighted by atomic mass is 16.5. The summed E-state index contributed by atoms with van der Waals surface area (Å²) in [4.78, 5) is 12.9. The van der Waals surface area contributed by atoms with Gasteiger partial charge in [0.1, 0.15) is 17.3 Å². The predicted octanol–water partition coefficient (Wildman–Crippen LogP) is 3.41. The summed E-state index contributed by atoms with van der Waals surface area (Å²) in [5, 5.41) is 29.8. The van der Waals surface area contributed by atoms with Gasteiger partial charge in [0.25, 0.3) is 0 Å². The van der Waals surface area contributed by atoms with Gasteiger partial charge < -0.3 is 24.5 Å². The third kappa shape index (κ3) is 2.23. The van der Waals surface area contributed by atoms with Gasteiger partial charge in [-0.25, -0.2) is 0 Å². The minimum absolute atomic E-state index is 0.0409. The molecule has 0 aliphatic carbocycles. The van der Waals surface area contributed by atoms with Gasteiger partial charge in [-0.2, -0.15) is 0 Å². The lowest BCUT2D eigenvalue weighted by molar-refractivity contribution is 0.103. The molecule has 0 radical (unpaired) electrons. The maximum absolute atomic E-state index is 12.9. The van der Waals surface area contributed by atoms with Crippen molar-refractivity contribution < 1.29 is 29.3 Å². The Balaban J connectivity index is 2.22. The molecule has 0 fully saturated rings. The smallest absolute Gasteiger partial charge is 0.201 e. The van der Waals surface area contributed by atoms with Crippen molar-refractivity contribution in [2.75, 3.05) is 7.11 Å². The molecule has 6 nitrogen and oxygen atoms in total. The maximum Gasteiger partial charge on any atom is 0.201 e. The number of furan rings is 1. The van der Waals surface area contributed by atoms with Crippen molar-refractivity contribution in [3.8, 4) is 23.0 Å². The first-order valence-electron chi connectivity index (χ1n) is 7.21. The molecule has 124 valence electrons. The average molecular weight is 328 g/mol. The third-order valence-corrected chi connectivity index (χ3v) is 4.03. The minimum Gasteiger partial charge on any atom is -0.508 e. The van der Waals surface area contributed by atoms with Crippen LogP contribution in [-0.4, -0.2) is 28.2 Å². The van der Waals surface area contributed by atoms with Crippen molar-refractivity contribution in [1.82, 2.24) is 0 Å². The van der Waals surface area contributed by atoms with E-state index in [2.05, 4.69) is 0 Å². The van der Waals surface area contributed by atoms with Crippen LogP contribution < -0.4 is 4.74 Å². The first-order valence-corrected chi connectivity index (χ1v) is 7.21. The summed E-state index contributed by atoms with van der Waals surface area (Å²) in [6, 6.07) is 5.69. The number of aryl methyl sites for hydroxylation is 1. The van der Waals surface area contributed by atoms with Gasteiger partial charge >= 0.3 is 0 Å². The van der Waals surface area contributed by atoms with Gasteiger partial charge in [0.05, 0.1) is 12.7 Å². The Labute approximate surface area is 137 Å². The highest BCUT2D eigenvalue weighted by molar-refractivity contribution is 6.17. The highest BCUT2D eigenvalue weighted by Crippen LogP contribution is 2.39. The number of fused-ring (bicyclic) bond motifs is 1. The van der Waals surface area contributed by atoms with Gasteiger partial charge in [-0.1, -0.05) is 0 Å². The number of ketones is 1. The lowest BCUT2D eigenvalue weighted by Gasteiger charge is -2.09. The molecule has 0 aliphatic heterocycles. The minimum atomic E-state index is -0.418. The SMILES string of the molecule is COc1cc(C(=O)c2c(C)oc3c(O)c(O)ccc23)cc(O)c1C. The van der Waals surface area contributed by atoms with Crippen molar-refractivity contribution in [2.24, 2.45) is 0 Å². The van der Waals surface area contributed by atoms with E-state index in [9.17, 15) is 20.1 Å². The van der Waals surface area contributed by atoms with E-state index in [-0.39, 0.29) is 34.0 Å². The average Bonchev–Trinajstić information content (AvgIpc) is 2.89. The summed E-state index contributed by atoms with van der Waals surface area (Å²) >= 11 is 0. The number of hydrogen-bond acceptors (Lipinski definition) is 6. The zero-order chi connectivity index (χ0) is 17.6. The van der Waals surface area contributed by atoms with Crippen LogP contribution in [-0.2, 0) is 0 Å². The van der Waals surface area contributed by atoms with Gasteiger partial charge in [-0.3, -0.25) is 4.79 Å². The van der Waals surface area contributed by atoms with Gasteiger partial charge in [0, 0.05) is 16.5 Å². The van der Waals surface area contributed by atoms with Crippen LogP contribution in [0.3, 0.4) is 0 Å². The van der Waals surface area contributed by atoms with Crippen LogP contribution in [0.4, 0.5) is 0 Å². The molecule has 3 N–H and O–H groups in total. The summed E-state index contributed by atoms with van der Waals surface area (Å²) < 4.78 is 10.6. The molecule has 1 heterocycles. The molecule has 2 aromatic carbocycles. The number of methoxy groups -OCH3 is 1. The number of ether oxygens (including phenoxy) is 1. The van der Waals surface area contributed by atoms with Crippen LogP contribution >= 0.6 is 0 Å². The van der Waals surface area contributed by atoms with Crippen molar-refractivity contribution in [2.45, 2.75) is 13.8 Å². The molecule has 1 aromatic heterocycles. The van der Waals surface area contributed by atoms with Gasteiger partial charge in [0.2, 0.25) is 5.75 Å². The van der Waals surface area contributed by atoms with E-state index in [0.29, 0.717) is 22.5 Å². The van der Waals surface area contributed by atoms with E-state index < -0.39 is 5.75 Å². The van der Waals surface area contributed by atoms with Gasteiger partial charge in [0.15, 0.2) is 17.1 Å². The van der Waals surface area contributed by atoms with Gasteiger partial charge in [-0.15, -0.1) is 0 Å². The second kappa shape index (κ2) is 5.49. The van der Waals surface area contributed by atoms with E-state index in [4.69, 9.17) is 9.15 Å². The molecule has 3 rings (SSSR count). The molecule has 0 unspecified atom stereocenters. The lowest BCUT2D eigenvalue weighted by atomic mass is 9.98. The van der Waals surface area contributed by atoms with Crippen LogP contribution in [0, 0.1) is 13.8 Å². The first-order chi connectivity index (χ1) is 11.3. The Bertz CT molecular complexity index is 968. The quantitative estimate of drug-likeness (QED) is 0.503. The molecular weight excluding hydrogens is 312 g/mol. The fraction of sp³-hybridized carbons (Fsp3) is 0.167. The van der Waals surface area contributed by atoms with Crippen molar-refractivity contribution in [1.29, 1.82) is 0 Å². The zero-order valence-corrected chi connectivity index (χ0v) is 13.4. The monoisotopic (exact) mass is 328 g/mol. The fourth-order valence-corrected chi connectivity index (χ4v) is 2.70. The number of rotatable bonds is 3. The summed E-state index contributed by atoms with van der Waals surface area (Å²) in [7, 11) is 1.45. The summed E-state index contributed by atoms with van der Waals surface area (Å²) in [5.74, 6) is -0.489. The Morgan fingerprint density at radius 1 is 1.08 bits per heavy atom. The molecule has 3 aromatic rings. The molecule has 0 amide bonds. The van der Waals surface area contributed by atoms with Gasteiger partial charge in [-0.05, 0) is 38.1 Å². The molecule has 0 saturated heterocycles. The number of hydrogen-bond donors (Lipinski definition) is 3. The Hall–Kier alpha value is -3.15. The predicted molar refractivity (Wildman–Crippen MR) is 87.1 cm³/mol. The Morgan fingerprint density at radius 2 is 1.79 bits per heavy atom. The maximum atomic E-state index is 12.9. The van der Waals surface area contributed by atoms with E-state index in [1.165, 1.54) is 31.4 Å². The Morgan fingerprint density at radius 3 is 2.46 bits per heavy atom. The molecule has 0 aliphatic rings. The largest absolute Gasteiger partial charge is 0.508 e.